The maximum atomic E-state index is 5.87. The molecule has 4 nitrogen and oxygen atoms in total. The van der Waals surface area contributed by atoms with Gasteiger partial charge in [0.25, 0.3) is 0 Å². The lowest BCUT2D eigenvalue weighted by Gasteiger charge is -2.24. The van der Waals surface area contributed by atoms with Gasteiger partial charge in [0.15, 0.2) is 0 Å². The molecule has 0 bridgehead atoms. The van der Waals surface area contributed by atoms with Crippen LogP contribution in [0.15, 0.2) is 36.5 Å². The summed E-state index contributed by atoms with van der Waals surface area (Å²) in [6.07, 6.45) is 0. The van der Waals surface area contributed by atoms with E-state index in [-0.39, 0.29) is 16.0 Å². The molecule has 0 spiro atoms. The normalized spacial score (nSPS) is 16.4. The first-order valence-corrected chi connectivity index (χ1v) is 6.83. The fraction of sp³-hybridized carbons (Fsp3) is 0.214. The third kappa shape index (κ3) is 1.87. The Morgan fingerprint density at radius 2 is 1.65 bits per heavy atom. The van der Waals surface area contributed by atoms with Gasteiger partial charge in [0.1, 0.15) is 0 Å². The number of anilines is 2. The second-order valence-electron chi connectivity index (χ2n) is 5.10. The van der Waals surface area contributed by atoms with Gasteiger partial charge in [-0.3, -0.25) is 4.90 Å². The van der Waals surface area contributed by atoms with Crippen LogP contribution < -0.4 is 4.90 Å². The Kier molecular flexibility index (Phi) is 2.96. The minimum absolute atomic E-state index is 0.0648. The predicted octanol–water partition coefficient (Wildman–Crippen LogP) is 4.12. The maximum absolute atomic E-state index is 5.87. The van der Waals surface area contributed by atoms with Gasteiger partial charge < -0.3 is 0 Å². The number of hydrogen-bond acceptors (Lipinski definition) is 4. The smallest absolute Gasteiger partial charge is 0.240 e. The van der Waals surface area contributed by atoms with E-state index in [9.17, 15) is 0 Å². The van der Waals surface area contributed by atoms with E-state index >= 15 is 0 Å². The highest BCUT2D eigenvalue weighted by molar-refractivity contribution is 6.31. The van der Waals surface area contributed by atoms with Crippen molar-refractivity contribution < 1.29 is 0 Å². The van der Waals surface area contributed by atoms with E-state index in [1.54, 1.807) is 0 Å². The molecule has 6 heteroatoms. The molecule has 1 aromatic heterocycles. The van der Waals surface area contributed by atoms with Crippen molar-refractivity contribution in [3.05, 3.63) is 52.7 Å². The molecular weight excluding hydrogens is 295 g/mol. The van der Waals surface area contributed by atoms with Crippen LogP contribution in [0, 0.1) is 0 Å². The van der Waals surface area contributed by atoms with Crippen LogP contribution in [0.1, 0.15) is 19.4 Å². The highest BCUT2D eigenvalue weighted by Gasteiger charge is 2.40. The van der Waals surface area contributed by atoms with E-state index in [2.05, 4.69) is 41.4 Å². The first-order valence-electron chi connectivity index (χ1n) is 6.07. The summed E-state index contributed by atoms with van der Waals surface area (Å²) < 4.78 is 0. The quantitative estimate of drug-likeness (QED) is 0.794. The molecule has 0 saturated carbocycles. The molecule has 0 amide bonds. The molecule has 1 aromatic carbocycles. The first-order chi connectivity index (χ1) is 9.41. The zero-order valence-electron chi connectivity index (χ0n) is 11.1. The number of halogens is 2. The molecule has 3 rings (SSSR count). The summed E-state index contributed by atoms with van der Waals surface area (Å²) in [6, 6.07) is 8.04. The van der Waals surface area contributed by atoms with Crippen LogP contribution in [0.25, 0.3) is 0 Å². The van der Waals surface area contributed by atoms with Crippen LogP contribution in [-0.4, -0.2) is 15.0 Å². The Morgan fingerprint density at radius 3 is 2.30 bits per heavy atom. The average molecular weight is 307 g/mol. The summed E-state index contributed by atoms with van der Waals surface area (Å²) in [5.41, 5.74) is 2.82. The van der Waals surface area contributed by atoms with E-state index in [1.165, 1.54) is 0 Å². The van der Waals surface area contributed by atoms with Gasteiger partial charge in [-0.15, -0.1) is 0 Å². The summed E-state index contributed by atoms with van der Waals surface area (Å²) in [6.45, 7) is 8.40. The fourth-order valence-corrected chi connectivity index (χ4v) is 2.78. The van der Waals surface area contributed by atoms with Gasteiger partial charge >= 0.3 is 0 Å². The number of rotatable bonds is 1. The van der Waals surface area contributed by atoms with E-state index in [0.717, 1.165) is 16.9 Å². The summed E-state index contributed by atoms with van der Waals surface area (Å²) in [4.78, 5) is 14.0. The van der Waals surface area contributed by atoms with E-state index < -0.39 is 0 Å². The number of hydrogen-bond donors (Lipinski definition) is 0. The minimum Gasteiger partial charge on any atom is -0.282 e. The predicted molar refractivity (Wildman–Crippen MR) is 80.6 cm³/mol. The van der Waals surface area contributed by atoms with Crippen molar-refractivity contribution in [2.75, 3.05) is 4.90 Å². The average Bonchev–Trinajstić information content (AvgIpc) is 2.57. The molecule has 0 N–H and O–H groups in total. The molecule has 0 saturated heterocycles. The summed E-state index contributed by atoms with van der Waals surface area (Å²) >= 11 is 11.7. The lowest BCUT2D eigenvalue weighted by atomic mass is 9.85. The van der Waals surface area contributed by atoms with Crippen LogP contribution >= 0.6 is 23.2 Å². The van der Waals surface area contributed by atoms with Gasteiger partial charge in [-0.2, -0.15) is 15.0 Å². The van der Waals surface area contributed by atoms with E-state index in [1.807, 2.05) is 23.1 Å². The Bertz CT molecular complexity index is 692. The monoisotopic (exact) mass is 306 g/mol. The molecule has 0 aliphatic carbocycles. The standard InChI is InChI=1S/C14H12Cl2N4/c1-8-14(2,3)9-6-4-5-7-10(9)20(8)13-18-11(15)17-12(16)19-13/h4-7H,1H2,2-3H3. The molecule has 0 unspecified atom stereocenters. The lowest BCUT2D eigenvalue weighted by Crippen LogP contribution is -2.23. The van der Waals surface area contributed by atoms with Crippen LogP contribution in [0.2, 0.25) is 10.6 Å². The van der Waals surface area contributed by atoms with E-state index in [4.69, 9.17) is 23.2 Å². The van der Waals surface area contributed by atoms with Crippen molar-refractivity contribution in [3.63, 3.8) is 0 Å². The number of fused-ring (bicyclic) bond motifs is 1. The van der Waals surface area contributed by atoms with Gasteiger partial charge in [0.2, 0.25) is 16.5 Å². The number of benzene rings is 1. The Balaban J connectivity index is 2.22. The first kappa shape index (κ1) is 13.3. The van der Waals surface area contributed by atoms with Crippen LogP contribution in [0.3, 0.4) is 0 Å². The Labute approximate surface area is 127 Å². The molecule has 1 aliphatic heterocycles. The number of nitrogens with zero attached hydrogens (tertiary/aromatic N) is 4. The van der Waals surface area contributed by atoms with Crippen LogP contribution in [0.4, 0.5) is 11.6 Å². The molecule has 2 aromatic rings. The van der Waals surface area contributed by atoms with Gasteiger partial charge in [-0.25, -0.2) is 0 Å². The summed E-state index contributed by atoms with van der Waals surface area (Å²) in [5.74, 6) is 0.387. The molecule has 0 radical (unpaired) electrons. The van der Waals surface area contributed by atoms with Crippen LogP contribution in [-0.2, 0) is 5.41 Å². The van der Waals surface area contributed by atoms with Crippen molar-refractivity contribution in [1.29, 1.82) is 0 Å². The van der Waals surface area contributed by atoms with Crippen molar-refractivity contribution in [1.82, 2.24) is 15.0 Å². The third-order valence-corrected chi connectivity index (χ3v) is 3.92. The molecule has 0 fully saturated rings. The summed E-state index contributed by atoms with van der Waals surface area (Å²) in [5, 5.41) is 0.130. The molecule has 20 heavy (non-hydrogen) atoms. The van der Waals surface area contributed by atoms with Gasteiger partial charge in [0.05, 0.1) is 5.69 Å². The van der Waals surface area contributed by atoms with E-state index in [0.29, 0.717) is 5.95 Å². The van der Waals surface area contributed by atoms with Gasteiger partial charge in [-0.05, 0) is 34.8 Å². The second-order valence-corrected chi connectivity index (χ2v) is 5.77. The Hall–Kier alpha value is -1.65. The Morgan fingerprint density at radius 1 is 1.05 bits per heavy atom. The van der Waals surface area contributed by atoms with Crippen molar-refractivity contribution in [2.45, 2.75) is 19.3 Å². The second kappa shape index (κ2) is 4.43. The van der Waals surface area contributed by atoms with Crippen LogP contribution in [0.5, 0.6) is 0 Å². The third-order valence-electron chi connectivity index (χ3n) is 3.58. The van der Waals surface area contributed by atoms with Crippen molar-refractivity contribution in [3.8, 4) is 0 Å². The highest BCUT2D eigenvalue weighted by Crippen LogP contribution is 2.49. The number of aromatic nitrogens is 3. The lowest BCUT2D eigenvalue weighted by molar-refractivity contribution is 0.644. The van der Waals surface area contributed by atoms with Crippen molar-refractivity contribution >= 4 is 34.8 Å². The topological polar surface area (TPSA) is 41.9 Å². The van der Waals surface area contributed by atoms with Gasteiger partial charge in [-0.1, -0.05) is 38.6 Å². The van der Waals surface area contributed by atoms with Crippen molar-refractivity contribution in [2.24, 2.45) is 0 Å². The SMILES string of the molecule is C=C1N(c2nc(Cl)nc(Cl)n2)c2ccccc2C1(C)C. The largest absolute Gasteiger partial charge is 0.282 e. The zero-order chi connectivity index (χ0) is 14.5. The molecule has 2 heterocycles. The fourth-order valence-electron chi connectivity index (χ4n) is 2.42. The molecule has 102 valence electrons. The summed E-state index contributed by atoms with van der Waals surface area (Å²) in [7, 11) is 0. The minimum atomic E-state index is -0.206. The molecule has 0 atom stereocenters. The maximum Gasteiger partial charge on any atom is 0.240 e. The number of para-hydroxylation sites is 1. The molecule has 1 aliphatic rings. The number of allylic oxidation sites excluding steroid dienone is 1. The molecular formula is C14H12Cl2N4. The van der Waals surface area contributed by atoms with Gasteiger partial charge in [0, 0.05) is 11.1 Å². The highest BCUT2D eigenvalue weighted by atomic mass is 35.5. The zero-order valence-corrected chi connectivity index (χ0v) is 12.6.